The Morgan fingerprint density at radius 1 is 0.455 bits per heavy atom. The highest BCUT2D eigenvalue weighted by molar-refractivity contribution is 6.22. The first-order chi connectivity index (χ1) is 21.7. The second-order valence-electron chi connectivity index (χ2n) is 11.7. The van der Waals surface area contributed by atoms with Crippen LogP contribution in [0.4, 0.5) is 17.1 Å². The van der Waals surface area contributed by atoms with E-state index in [4.69, 9.17) is 0 Å². The quantitative estimate of drug-likeness (QED) is 0.165. The van der Waals surface area contributed by atoms with E-state index in [0.29, 0.717) is 0 Å². The largest absolute Gasteiger partial charge is 0.310 e. The Morgan fingerprint density at radius 3 is 1.64 bits per heavy atom. The van der Waals surface area contributed by atoms with E-state index in [1.54, 1.807) is 0 Å². The minimum atomic E-state index is 1.09. The van der Waals surface area contributed by atoms with Gasteiger partial charge in [-0.15, -0.1) is 0 Å². The molecule has 0 bridgehead atoms. The van der Waals surface area contributed by atoms with E-state index in [2.05, 4.69) is 170 Å². The summed E-state index contributed by atoms with van der Waals surface area (Å²) in [6, 6.07) is 55.6. The van der Waals surface area contributed by atoms with Gasteiger partial charge in [0, 0.05) is 17.1 Å². The van der Waals surface area contributed by atoms with Crippen LogP contribution in [-0.4, -0.2) is 0 Å². The van der Waals surface area contributed by atoms with Crippen LogP contribution < -0.4 is 4.90 Å². The summed E-state index contributed by atoms with van der Waals surface area (Å²) in [4.78, 5) is 2.42. The van der Waals surface area contributed by atoms with E-state index in [0.717, 1.165) is 17.8 Å². The molecule has 1 heteroatoms. The minimum absolute atomic E-state index is 1.09. The molecule has 0 aliphatic heterocycles. The van der Waals surface area contributed by atoms with Gasteiger partial charge in [-0.3, -0.25) is 0 Å². The number of hydrogen-bond acceptors (Lipinski definition) is 1. The Kier molecular flexibility index (Phi) is 7.69. The molecule has 7 aromatic carbocycles. The molecule has 0 aliphatic rings. The molecule has 1 nitrogen and oxygen atoms in total. The van der Waals surface area contributed by atoms with Crippen LogP contribution in [0.15, 0.2) is 152 Å². The zero-order valence-corrected chi connectivity index (χ0v) is 25.5. The van der Waals surface area contributed by atoms with Gasteiger partial charge in [-0.2, -0.15) is 0 Å². The lowest BCUT2D eigenvalue weighted by Gasteiger charge is -2.27. The first-order valence-electron chi connectivity index (χ1n) is 15.8. The van der Waals surface area contributed by atoms with Crippen molar-refractivity contribution in [2.45, 2.75) is 33.1 Å². The Bertz CT molecular complexity index is 2040. The summed E-state index contributed by atoms with van der Waals surface area (Å²) in [5.74, 6) is 0. The molecule has 0 fully saturated rings. The van der Waals surface area contributed by atoms with Crippen molar-refractivity contribution in [3.8, 4) is 22.3 Å². The van der Waals surface area contributed by atoms with Gasteiger partial charge < -0.3 is 4.90 Å². The van der Waals surface area contributed by atoms with Crippen LogP contribution in [-0.2, 0) is 6.42 Å². The fraction of sp³-hybridized carbons (Fsp3) is 0.116. The molecule has 44 heavy (non-hydrogen) atoms. The van der Waals surface area contributed by atoms with Gasteiger partial charge in [0.1, 0.15) is 0 Å². The molecule has 0 aliphatic carbocycles. The summed E-state index contributed by atoms with van der Waals surface area (Å²) in [5.41, 5.74) is 11.2. The van der Waals surface area contributed by atoms with Gasteiger partial charge in [-0.25, -0.2) is 0 Å². The fourth-order valence-corrected chi connectivity index (χ4v) is 6.51. The SMILES string of the molecule is CCCCc1cccc(N(c2ccc(C)cc2)c2ccc3c(-c4ccccc4)c4ccccc4c(-c4ccccc4)c3c2)c1. The van der Waals surface area contributed by atoms with Crippen molar-refractivity contribution in [1.82, 2.24) is 0 Å². The molecule has 0 unspecified atom stereocenters. The minimum Gasteiger partial charge on any atom is -0.310 e. The number of fused-ring (bicyclic) bond motifs is 2. The summed E-state index contributed by atoms with van der Waals surface area (Å²) in [7, 11) is 0. The summed E-state index contributed by atoms with van der Waals surface area (Å²) in [6.07, 6.45) is 3.48. The Hall–Kier alpha value is -5.14. The van der Waals surface area contributed by atoms with Gasteiger partial charge in [0.2, 0.25) is 0 Å². The fourth-order valence-electron chi connectivity index (χ4n) is 6.51. The highest BCUT2D eigenvalue weighted by atomic mass is 15.1. The number of rotatable bonds is 8. The molecule has 0 amide bonds. The van der Waals surface area contributed by atoms with Gasteiger partial charge in [-0.1, -0.05) is 134 Å². The zero-order chi connectivity index (χ0) is 29.9. The maximum absolute atomic E-state index is 2.42. The van der Waals surface area contributed by atoms with Gasteiger partial charge in [-0.05, 0) is 106 Å². The van der Waals surface area contributed by atoms with Gasteiger partial charge in [0.05, 0.1) is 0 Å². The van der Waals surface area contributed by atoms with Crippen LogP contribution in [0, 0.1) is 6.92 Å². The zero-order valence-electron chi connectivity index (χ0n) is 25.5. The number of unbranched alkanes of at least 4 members (excludes halogenated alkanes) is 1. The maximum Gasteiger partial charge on any atom is 0.0468 e. The van der Waals surface area contributed by atoms with E-state index in [1.807, 2.05) is 0 Å². The lowest BCUT2D eigenvalue weighted by atomic mass is 9.85. The first kappa shape index (κ1) is 27.7. The van der Waals surface area contributed by atoms with Gasteiger partial charge >= 0.3 is 0 Å². The van der Waals surface area contributed by atoms with Crippen molar-refractivity contribution in [2.24, 2.45) is 0 Å². The number of nitrogens with zero attached hydrogens (tertiary/aromatic N) is 1. The predicted molar refractivity (Wildman–Crippen MR) is 190 cm³/mol. The molecule has 0 atom stereocenters. The number of anilines is 3. The summed E-state index contributed by atoms with van der Waals surface area (Å²) < 4.78 is 0. The topological polar surface area (TPSA) is 3.24 Å². The average Bonchev–Trinajstić information content (AvgIpc) is 3.08. The molecule has 0 radical (unpaired) electrons. The van der Waals surface area contributed by atoms with Crippen molar-refractivity contribution in [1.29, 1.82) is 0 Å². The van der Waals surface area contributed by atoms with Crippen molar-refractivity contribution < 1.29 is 0 Å². The molecule has 7 rings (SSSR count). The standard InChI is InChI=1S/C43H37N/c1-3-4-14-32-15-13-20-36(29-32)44(35-25-23-31(2)24-26-35)37-27-28-40-41(30-37)43(34-18-9-6-10-19-34)39-22-12-11-21-38(39)42(40)33-16-7-5-8-17-33/h5-13,15-30H,3-4,14H2,1-2H3. The van der Waals surface area contributed by atoms with Crippen LogP contribution in [0.2, 0.25) is 0 Å². The highest BCUT2D eigenvalue weighted by Gasteiger charge is 2.19. The molecule has 0 aromatic heterocycles. The highest BCUT2D eigenvalue weighted by Crippen LogP contribution is 2.46. The van der Waals surface area contributed by atoms with Crippen LogP contribution in [0.25, 0.3) is 43.8 Å². The average molecular weight is 568 g/mol. The third-order valence-corrected chi connectivity index (χ3v) is 8.67. The van der Waals surface area contributed by atoms with E-state index in [-0.39, 0.29) is 0 Å². The third kappa shape index (κ3) is 5.27. The molecule has 0 spiro atoms. The molecule has 0 heterocycles. The normalized spacial score (nSPS) is 11.2. The van der Waals surface area contributed by atoms with Crippen molar-refractivity contribution in [3.63, 3.8) is 0 Å². The Morgan fingerprint density at radius 2 is 1.00 bits per heavy atom. The Labute approximate surface area is 261 Å². The first-order valence-corrected chi connectivity index (χ1v) is 15.8. The van der Waals surface area contributed by atoms with Crippen molar-refractivity contribution in [2.75, 3.05) is 4.90 Å². The predicted octanol–water partition coefficient (Wildman–Crippen LogP) is 12.4. The van der Waals surface area contributed by atoms with Crippen molar-refractivity contribution >= 4 is 38.6 Å². The molecule has 214 valence electrons. The number of aryl methyl sites for hydroxylation is 2. The maximum atomic E-state index is 2.42. The molecular weight excluding hydrogens is 530 g/mol. The Balaban J connectivity index is 1.54. The second kappa shape index (κ2) is 12.2. The van der Waals surface area contributed by atoms with E-state index >= 15 is 0 Å². The summed E-state index contributed by atoms with van der Waals surface area (Å²) >= 11 is 0. The molecular formula is C43H37N. The number of benzene rings is 7. The van der Waals surface area contributed by atoms with Crippen LogP contribution in [0.3, 0.4) is 0 Å². The number of hydrogen-bond donors (Lipinski definition) is 0. The van der Waals surface area contributed by atoms with E-state index in [1.165, 1.54) is 73.5 Å². The second-order valence-corrected chi connectivity index (χ2v) is 11.7. The van der Waals surface area contributed by atoms with Gasteiger partial charge in [0.15, 0.2) is 0 Å². The third-order valence-electron chi connectivity index (χ3n) is 8.67. The molecule has 0 saturated carbocycles. The van der Waals surface area contributed by atoms with Crippen LogP contribution in [0.5, 0.6) is 0 Å². The lowest BCUT2D eigenvalue weighted by molar-refractivity contribution is 0.795. The smallest absolute Gasteiger partial charge is 0.0468 e. The molecule has 0 saturated heterocycles. The van der Waals surface area contributed by atoms with E-state index < -0.39 is 0 Å². The van der Waals surface area contributed by atoms with Crippen LogP contribution >= 0.6 is 0 Å². The summed E-state index contributed by atoms with van der Waals surface area (Å²) in [5, 5.41) is 5.06. The van der Waals surface area contributed by atoms with Crippen molar-refractivity contribution in [3.05, 3.63) is 163 Å². The summed E-state index contributed by atoms with van der Waals surface area (Å²) in [6.45, 7) is 4.41. The monoisotopic (exact) mass is 567 g/mol. The lowest BCUT2D eigenvalue weighted by Crippen LogP contribution is -2.10. The molecule has 7 aromatic rings. The van der Waals surface area contributed by atoms with Gasteiger partial charge in [0.25, 0.3) is 0 Å². The van der Waals surface area contributed by atoms with Crippen LogP contribution in [0.1, 0.15) is 30.9 Å². The van der Waals surface area contributed by atoms with E-state index in [9.17, 15) is 0 Å². The molecule has 0 N–H and O–H groups in total.